The number of rotatable bonds is 2. The normalized spacial score (nSPS) is 18.8. The van der Waals surface area contributed by atoms with Crippen molar-refractivity contribution in [2.24, 2.45) is 7.05 Å². The second-order valence-corrected chi connectivity index (χ2v) is 5.20. The number of morpholine rings is 1. The molecule has 2 aromatic heterocycles. The highest BCUT2D eigenvalue weighted by Crippen LogP contribution is 2.19. The summed E-state index contributed by atoms with van der Waals surface area (Å²) in [4.78, 5) is 23.0. The van der Waals surface area contributed by atoms with Crippen LogP contribution in [0, 0.1) is 0 Å². The summed E-state index contributed by atoms with van der Waals surface area (Å²) in [5, 5.41) is 0. The van der Waals surface area contributed by atoms with Crippen LogP contribution in [0.15, 0.2) is 35.4 Å². The Labute approximate surface area is 123 Å². The standard InChI is InChI=1S/C15H18N4O2/c1-11-10-19(7-8-21-11)15-17-13(9-14(20)18(15)2)12-3-5-16-6-4-12/h3-6,9,11H,7-8,10H2,1-2H3. The van der Waals surface area contributed by atoms with Gasteiger partial charge >= 0.3 is 0 Å². The third-order valence-electron chi connectivity index (χ3n) is 3.61. The van der Waals surface area contributed by atoms with Crippen molar-refractivity contribution in [3.05, 3.63) is 40.9 Å². The zero-order valence-electron chi connectivity index (χ0n) is 12.2. The fraction of sp³-hybridized carbons (Fsp3) is 0.400. The summed E-state index contributed by atoms with van der Waals surface area (Å²) < 4.78 is 7.14. The van der Waals surface area contributed by atoms with Crippen molar-refractivity contribution in [3.8, 4) is 11.3 Å². The lowest BCUT2D eigenvalue weighted by Crippen LogP contribution is -2.44. The second kappa shape index (κ2) is 5.65. The Morgan fingerprint density at radius 1 is 1.33 bits per heavy atom. The molecule has 6 heteroatoms. The first-order valence-electron chi connectivity index (χ1n) is 7.00. The van der Waals surface area contributed by atoms with Crippen molar-refractivity contribution in [3.63, 3.8) is 0 Å². The number of ether oxygens (including phenoxy) is 1. The molecule has 0 amide bonds. The summed E-state index contributed by atoms with van der Waals surface area (Å²) >= 11 is 0. The van der Waals surface area contributed by atoms with Gasteiger partial charge in [0.1, 0.15) is 0 Å². The first kappa shape index (κ1) is 13.8. The van der Waals surface area contributed by atoms with Gasteiger partial charge in [-0.05, 0) is 19.1 Å². The summed E-state index contributed by atoms with van der Waals surface area (Å²) in [7, 11) is 1.75. The maximum absolute atomic E-state index is 12.2. The van der Waals surface area contributed by atoms with E-state index in [4.69, 9.17) is 4.74 Å². The van der Waals surface area contributed by atoms with E-state index < -0.39 is 0 Å². The molecule has 1 saturated heterocycles. The maximum atomic E-state index is 12.2. The molecule has 0 radical (unpaired) electrons. The van der Waals surface area contributed by atoms with Gasteiger partial charge in [0.2, 0.25) is 5.95 Å². The lowest BCUT2D eigenvalue weighted by atomic mass is 10.2. The predicted molar refractivity (Wildman–Crippen MR) is 80.3 cm³/mol. The van der Waals surface area contributed by atoms with Crippen molar-refractivity contribution >= 4 is 5.95 Å². The minimum Gasteiger partial charge on any atom is -0.375 e. The van der Waals surface area contributed by atoms with Gasteiger partial charge in [0.15, 0.2) is 0 Å². The quantitative estimate of drug-likeness (QED) is 0.826. The fourth-order valence-electron chi connectivity index (χ4n) is 2.48. The minimum atomic E-state index is -0.0639. The van der Waals surface area contributed by atoms with E-state index in [0.717, 1.165) is 18.7 Å². The van der Waals surface area contributed by atoms with Gasteiger partial charge in [-0.2, -0.15) is 0 Å². The Morgan fingerprint density at radius 3 is 2.81 bits per heavy atom. The Balaban J connectivity index is 2.04. The summed E-state index contributed by atoms with van der Waals surface area (Å²) in [6.45, 7) is 4.15. The number of anilines is 1. The number of hydrogen-bond acceptors (Lipinski definition) is 5. The predicted octanol–water partition coefficient (Wildman–Crippen LogP) is 1.07. The molecule has 1 aliphatic rings. The first-order chi connectivity index (χ1) is 10.1. The van der Waals surface area contributed by atoms with Crippen LogP contribution in [0.5, 0.6) is 0 Å². The third-order valence-corrected chi connectivity index (χ3v) is 3.61. The van der Waals surface area contributed by atoms with E-state index in [9.17, 15) is 4.79 Å². The topological polar surface area (TPSA) is 60.2 Å². The lowest BCUT2D eigenvalue weighted by molar-refractivity contribution is 0.0523. The van der Waals surface area contributed by atoms with E-state index >= 15 is 0 Å². The number of hydrogen-bond donors (Lipinski definition) is 0. The van der Waals surface area contributed by atoms with Gasteiger partial charge in [-0.3, -0.25) is 14.3 Å². The first-order valence-corrected chi connectivity index (χ1v) is 7.00. The van der Waals surface area contributed by atoms with Gasteiger partial charge in [-0.25, -0.2) is 4.98 Å². The van der Waals surface area contributed by atoms with Crippen molar-refractivity contribution < 1.29 is 4.74 Å². The Hall–Kier alpha value is -2.21. The van der Waals surface area contributed by atoms with Crippen molar-refractivity contribution in [2.75, 3.05) is 24.6 Å². The molecular formula is C15H18N4O2. The SMILES string of the molecule is CC1CN(c2nc(-c3ccncc3)cc(=O)n2C)CCO1. The molecule has 110 valence electrons. The zero-order valence-corrected chi connectivity index (χ0v) is 12.2. The largest absolute Gasteiger partial charge is 0.375 e. The van der Waals surface area contributed by atoms with Gasteiger partial charge in [0, 0.05) is 44.2 Å². The van der Waals surface area contributed by atoms with Crippen LogP contribution in [0.3, 0.4) is 0 Å². The summed E-state index contributed by atoms with van der Waals surface area (Å²) in [6.07, 6.45) is 3.54. The molecule has 1 fully saturated rings. The molecule has 0 aromatic carbocycles. The van der Waals surface area contributed by atoms with Gasteiger partial charge in [-0.15, -0.1) is 0 Å². The van der Waals surface area contributed by atoms with Crippen LogP contribution >= 0.6 is 0 Å². The smallest absolute Gasteiger partial charge is 0.255 e. The molecule has 0 saturated carbocycles. The minimum absolute atomic E-state index is 0.0639. The van der Waals surface area contributed by atoms with E-state index in [2.05, 4.69) is 14.9 Å². The van der Waals surface area contributed by atoms with E-state index in [1.165, 1.54) is 0 Å². The molecule has 0 bridgehead atoms. The van der Waals surface area contributed by atoms with Crippen LogP contribution in [0.1, 0.15) is 6.92 Å². The highest BCUT2D eigenvalue weighted by molar-refractivity contribution is 5.59. The molecule has 0 spiro atoms. The average Bonchev–Trinajstić information content (AvgIpc) is 2.51. The summed E-state index contributed by atoms with van der Waals surface area (Å²) in [5.41, 5.74) is 1.51. The second-order valence-electron chi connectivity index (χ2n) is 5.20. The molecule has 6 nitrogen and oxygen atoms in total. The maximum Gasteiger partial charge on any atom is 0.255 e. The van der Waals surface area contributed by atoms with Crippen LogP contribution < -0.4 is 10.5 Å². The van der Waals surface area contributed by atoms with Crippen molar-refractivity contribution in [1.82, 2.24) is 14.5 Å². The lowest BCUT2D eigenvalue weighted by Gasteiger charge is -2.32. The van der Waals surface area contributed by atoms with Gasteiger partial charge < -0.3 is 9.64 Å². The number of pyridine rings is 1. The molecule has 21 heavy (non-hydrogen) atoms. The monoisotopic (exact) mass is 286 g/mol. The average molecular weight is 286 g/mol. The molecule has 1 atom stereocenters. The van der Waals surface area contributed by atoms with Crippen LogP contribution in [-0.4, -0.2) is 40.3 Å². The van der Waals surface area contributed by atoms with E-state index in [1.54, 1.807) is 30.1 Å². The fourth-order valence-corrected chi connectivity index (χ4v) is 2.48. The summed E-state index contributed by atoms with van der Waals surface area (Å²) in [5.74, 6) is 0.685. The van der Waals surface area contributed by atoms with Gasteiger partial charge in [-0.1, -0.05) is 0 Å². The molecule has 0 aliphatic carbocycles. The van der Waals surface area contributed by atoms with Crippen molar-refractivity contribution in [2.45, 2.75) is 13.0 Å². The van der Waals surface area contributed by atoms with E-state index in [1.807, 2.05) is 19.1 Å². The van der Waals surface area contributed by atoms with Crippen LogP contribution in [-0.2, 0) is 11.8 Å². The molecule has 0 N–H and O–H groups in total. The highest BCUT2D eigenvalue weighted by Gasteiger charge is 2.21. The Kier molecular flexibility index (Phi) is 3.70. The molecule has 3 rings (SSSR count). The zero-order chi connectivity index (χ0) is 14.8. The Bertz CT molecular complexity index is 684. The van der Waals surface area contributed by atoms with Crippen LogP contribution in [0.25, 0.3) is 11.3 Å². The third kappa shape index (κ3) is 2.80. The molecular weight excluding hydrogens is 268 g/mol. The van der Waals surface area contributed by atoms with Crippen molar-refractivity contribution in [1.29, 1.82) is 0 Å². The molecule has 1 unspecified atom stereocenters. The van der Waals surface area contributed by atoms with E-state index in [-0.39, 0.29) is 11.7 Å². The van der Waals surface area contributed by atoms with E-state index in [0.29, 0.717) is 18.2 Å². The molecule has 2 aromatic rings. The number of nitrogens with zero attached hydrogens (tertiary/aromatic N) is 4. The Morgan fingerprint density at radius 2 is 2.10 bits per heavy atom. The summed E-state index contributed by atoms with van der Waals surface area (Å²) in [6, 6.07) is 5.27. The van der Waals surface area contributed by atoms with Gasteiger partial charge in [0.25, 0.3) is 5.56 Å². The van der Waals surface area contributed by atoms with Gasteiger partial charge in [0.05, 0.1) is 18.4 Å². The van der Waals surface area contributed by atoms with Crippen LogP contribution in [0.4, 0.5) is 5.95 Å². The molecule has 3 heterocycles. The highest BCUT2D eigenvalue weighted by atomic mass is 16.5. The number of aromatic nitrogens is 3. The molecule has 1 aliphatic heterocycles. The van der Waals surface area contributed by atoms with Crippen LogP contribution in [0.2, 0.25) is 0 Å².